The Bertz CT molecular complexity index is 738. The minimum absolute atomic E-state index is 0.0358. The monoisotopic (exact) mass is 444 g/mol. The fraction of sp³-hybridized carbons (Fsp3) is 0.235. The zero-order valence-electron chi connectivity index (χ0n) is 13.3. The van der Waals surface area contributed by atoms with Crippen molar-refractivity contribution in [3.05, 3.63) is 56.9 Å². The minimum atomic E-state index is -0.703. The van der Waals surface area contributed by atoms with Crippen LogP contribution in [0.4, 0.5) is 15.8 Å². The number of carbonyl (C=O) groups excluding carboxylic acids is 1. The van der Waals surface area contributed by atoms with E-state index in [1.807, 2.05) is 25.1 Å². The second-order valence-corrected chi connectivity index (χ2v) is 6.61. The predicted molar refractivity (Wildman–Crippen MR) is 98.7 cm³/mol. The molecule has 0 bridgehead atoms. The third-order valence-electron chi connectivity index (χ3n) is 3.17. The van der Waals surface area contributed by atoms with Gasteiger partial charge in [-0.1, -0.05) is 0 Å². The highest BCUT2D eigenvalue weighted by Crippen LogP contribution is 2.25. The first-order chi connectivity index (χ1) is 11.4. The number of hydrogen-bond acceptors (Lipinski definition) is 4. The number of aliphatic hydroxyl groups excluding tert-OH is 1. The fourth-order valence-corrected chi connectivity index (χ4v) is 2.66. The third-order valence-corrected chi connectivity index (χ3v) is 3.84. The van der Waals surface area contributed by atoms with Crippen LogP contribution in [0.5, 0.6) is 0 Å². The van der Waals surface area contributed by atoms with Gasteiger partial charge in [0.2, 0.25) is 0 Å². The van der Waals surface area contributed by atoms with E-state index >= 15 is 0 Å². The molecule has 24 heavy (non-hydrogen) atoms. The van der Waals surface area contributed by atoms with Crippen LogP contribution < -0.4 is 10.8 Å². The molecular weight excluding hydrogens is 426 g/mol. The molecule has 2 aromatic rings. The smallest absolute Gasteiger partial charge is 0.276 e. The standard InChI is InChI=1S/C17H18FIN2O3/c1-10-7-13(19)4-6-15(10)20-16-8-12(18)3-5-14(16)17(23)21-24-9-11(2)22/h3-8,11,20,22H,9H2,1-2H3,(H,21,23). The second kappa shape index (κ2) is 8.41. The zero-order chi connectivity index (χ0) is 17.7. The normalized spacial score (nSPS) is 11.9. The molecule has 0 saturated heterocycles. The molecule has 0 aliphatic rings. The highest BCUT2D eigenvalue weighted by Gasteiger charge is 2.14. The van der Waals surface area contributed by atoms with E-state index in [2.05, 4.69) is 33.4 Å². The maximum Gasteiger partial charge on any atom is 0.276 e. The summed E-state index contributed by atoms with van der Waals surface area (Å²) < 4.78 is 14.7. The van der Waals surface area contributed by atoms with E-state index in [0.717, 1.165) is 14.8 Å². The number of nitrogens with one attached hydrogen (secondary N) is 2. The Morgan fingerprint density at radius 1 is 1.29 bits per heavy atom. The van der Waals surface area contributed by atoms with Crippen molar-refractivity contribution in [3.63, 3.8) is 0 Å². The second-order valence-electron chi connectivity index (χ2n) is 5.37. The minimum Gasteiger partial charge on any atom is -0.391 e. The van der Waals surface area contributed by atoms with Gasteiger partial charge in [-0.25, -0.2) is 9.87 Å². The van der Waals surface area contributed by atoms with Crippen LogP contribution in [0.2, 0.25) is 0 Å². The van der Waals surface area contributed by atoms with Crippen LogP contribution >= 0.6 is 22.6 Å². The van der Waals surface area contributed by atoms with Crippen molar-refractivity contribution >= 4 is 39.9 Å². The van der Waals surface area contributed by atoms with Gasteiger partial charge >= 0.3 is 0 Å². The Hall–Kier alpha value is -1.71. The number of anilines is 2. The van der Waals surface area contributed by atoms with Crippen LogP contribution in [0.25, 0.3) is 0 Å². The molecule has 1 unspecified atom stereocenters. The summed E-state index contributed by atoms with van der Waals surface area (Å²) in [4.78, 5) is 17.1. The first kappa shape index (κ1) is 18.6. The van der Waals surface area contributed by atoms with Gasteiger partial charge in [-0.2, -0.15) is 0 Å². The maximum atomic E-state index is 13.6. The summed E-state index contributed by atoms with van der Waals surface area (Å²) in [5.41, 5.74) is 4.56. The molecule has 0 saturated carbocycles. The molecule has 128 valence electrons. The van der Waals surface area contributed by atoms with Crippen molar-refractivity contribution < 1.29 is 19.1 Å². The van der Waals surface area contributed by atoms with Gasteiger partial charge in [-0.3, -0.25) is 9.63 Å². The Labute approximate surface area is 153 Å². The molecule has 1 amide bonds. The van der Waals surface area contributed by atoms with Gasteiger partial charge in [0, 0.05) is 9.26 Å². The van der Waals surface area contributed by atoms with Crippen molar-refractivity contribution in [2.24, 2.45) is 0 Å². The summed E-state index contributed by atoms with van der Waals surface area (Å²) in [6, 6.07) is 9.60. The van der Waals surface area contributed by atoms with E-state index in [4.69, 9.17) is 9.94 Å². The van der Waals surface area contributed by atoms with Gasteiger partial charge in [-0.05, 0) is 78.4 Å². The molecule has 3 N–H and O–H groups in total. The number of benzene rings is 2. The largest absolute Gasteiger partial charge is 0.391 e. The van der Waals surface area contributed by atoms with E-state index in [-0.39, 0.29) is 12.2 Å². The number of amides is 1. The van der Waals surface area contributed by atoms with Crippen LogP contribution in [0.1, 0.15) is 22.8 Å². The lowest BCUT2D eigenvalue weighted by Gasteiger charge is -2.14. The average molecular weight is 444 g/mol. The zero-order valence-corrected chi connectivity index (χ0v) is 15.4. The van der Waals surface area contributed by atoms with Gasteiger partial charge < -0.3 is 10.4 Å². The molecule has 5 nitrogen and oxygen atoms in total. The Kier molecular flexibility index (Phi) is 6.52. The maximum absolute atomic E-state index is 13.6. The van der Waals surface area contributed by atoms with Crippen molar-refractivity contribution in [1.82, 2.24) is 5.48 Å². The van der Waals surface area contributed by atoms with Crippen LogP contribution in [0.15, 0.2) is 36.4 Å². The third kappa shape index (κ3) is 5.15. The highest BCUT2D eigenvalue weighted by atomic mass is 127. The van der Waals surface area contributed by atoms with Crippen LogP contribution in [0.3, 0.4) is 0 Å². The Balaban J connectivity index is 2.22. The van der Waals surface area contributed by atoms with Gasteiger partial charge in [0.05, 0.1) is 17.4 Å². The highest BCUT2D eigenvalue weighted by molar-refractivity contribution is 14.1. The number of rotatable bonds is 6. The molecule has 0 heterocycles. The lowest BCUT2D eigenvalue weighted by atomic mass is 10.1. The Morgan fingerprint density at radius 3 is 2.71 bits per heavy atom. The topological polar surface area (TPSA) is 70.6 Å². The van der Waals surface area contributed by atoms with E-state index in [0.29, 0.717) is 5.69 Å². The molecule has 0 fully saturated rings. The number of hydroxylamine groups is 1. The predicted octanol–water partition coefficient (Wildman–Crippen LogP) is 3.52. The molecule has 2 rings (SSSR count). The summed E-state index contributed by atoms with van der Waals surface area (Å²) in [5.74, 6) is -0.983. The van der Waals surface area contributed by atoms with E-state index in [1.54, 1.807) is 0 Å². The van der Waals surface area contributed by atoms with E-state index < -0.39 is 17.8 Å². The first-order valence-corrected chi connectivity index (χ1v) is 8.37. The summed E-state index contributed by atoms with van der Waals surface area (Å²) in [7, 11) is 0. The number of aryl methyl sites for hydroxylation is 1. The first-order valence-electron chi connectivity index (χ1n) is 7.29. The van der Waals surface area contributed by atoms with Crippen molar-refractivity contribution in [1.29, 1.82) is 0 Å². The lowest BCUT2D eigenvalue weighted by Crippen LogP contribution is -2.28. The molecular formula is C17H18FIN2O3. The molecule has 7 heteroatoms. The number of hydrogen-bond donors (Lipinski definition) is 3. The fourth-order valence-electron chi connectivity index (χ4n) is 2.01. The van der Waals surface area contributed by atoms with Crippen LogP contribution in [-0.4, -0.2) is 23.7 Å². The molecule has 0 spiro atoms. The molecule has 2 aromatic carbocycles. The molecule has 1 atom stereocenters. The van der Waals surface area contributed by atoms with Crippen LogP contribution in [-0.2, 0) is 4.84 Å². The summed E-state index contributed by atoms with van der Waals surface area (Å²) in [6.07, 6.45) is -0.703. The van der Waals surface area contributed by atoms with Crippen molar-refractivity contribution in [2.75, 3.05) is 11.9 Å². The van der Waals surface area contributed by atoms with Crippen molar-refractivity contribution in [3.8, 4) is 0 Å². The van der Waals surface area contributed by atoms with E-state index in [9.17, 15) is 9.18 Å². The molecule has 0 aromatic heterocycles. The summed E-state index contributed by atoms with van der Waals surface area (Å²) >= 11 is 2.21. The number of aliphatic hydroxyl groups is 1. The number of halogens is 2. The molecule has 0 radical (unpaired) electrons. The van der Waals surface area contributed by atoms with Gasteiger partial charge in [-0.15, -0.1) is 0 Å². The average Bonchev–Trinajstić information content (AvgIpc) is 2.49. The van der Waals surface area contributed by atoms with Gasteiger partial charge in [0.25, 0.3) is 5.91 Å². The van der Waals surface area contributed by atoms with Gasteiger partial charge in [0.15, 0.2) is 0 Å². The van der Waals surface area contributed by atoms with Gasteiger partial charge in [0.1, 0.15) is 12.4 Å². The van der Waals surface area contributed by atoms with Crippen LogP contribution in [0, 0.1) is 16.3 Å². The van der Waals surface area contributed by atoms with Crippen molar-refractivity contribution in [2.45, 2.75) is 20.0 Å². The summed E-state index contributed by atoms with van der Waals surface area (Å²) in [6.45, 7) is 3.43. The number of carbonyl (C=O) groups is 1. The molecule has 0 aliphatic carbocycles. The lowest BCUT2D eigenvalue weighted by molar-refractivity contribution is -0.00682. The van der Waals surface area contributed by atoms with E-state index in [1.165, 1.54) is 25.1 Å². The summed E-state index contributed by atoms with van der Waals surface area (Å²) in [5, 5.41) is 12.2. The molecule has 0 aliphatic heterocycles. The quantitative estimate of drug-likeness (QED) is 0.471. The SMILES string of the molecule is Cc1cc(I)ccc1Nc1cc(F)ccc1C(=O)NOCC(C)O. The Morgan fingerprint density at radius 2 is 2.04 bits per heavy atom.